The molecule has 0 unspecified atom stereocenters. The largest absolute Gasteiger partial charge is 0.361 e. The lowest BCUT2D eigenvalue weighted by Crippen LogP contribution is -2.42. The van der Waals surface area contributed by atoms with Gasteiger partial charge < -0.3 is 14.4 Å². The zero-order chi connectivity index (χ0) is 15.0. The van der Waals surface area contributed by atoms with Crippen LogP contribution in [0.3, 0.4) is 0 Å². The van der Waals surface area contributed by atoms with Crippen molar-refractivity contribution < 1.29 is 9.32 Å². The van der Waals surface area contributed by atoms with Crippen molar-refractivity contribution in [1.82, 2.24) is 20.0 Å². The topological polar surface area (TPSA) is 73.0 Å². The van der Waals surface area contributed by atoms with Gasteiger partial charge in [0, 0.05) is 37.0 Å². The molecule has 0 saturated carbocycles. The van der Waals surface area contributed by atoms with Gasteiger partial charge in [-0.3, -0.25) is 4.79 Å². The lowest BCUT2D eigenvalue weighted by Gasteiger charge is -2.26. The molecular formula is C15H20N4O2. The van der Waals surface area contributed by atoms with E-state index in [1.807, 2.05) is 33.2 Å². The van der Waals surface area contributed by atoms with E-state index in [9.17, 15) is 4.79 Å². The number of hydrogen-bond donors (Lipinski definition) is 1. The van der Waals surface area contributed by atoms with Crippen LogP contribution in [0.1, 0.15) is 42.1 Å². The number of carbonyl (C=O) groups is 1. The number of aryl methyl sites for hydroxylation is 3. The molecule has 1 amide bonds. The Kier molecular flexibility index (Phi) is 3.53. The summed E-state index contributed by atoms with van der Waals surface area (Å²) >= 11 is 0. The summed E-state index contributed by atoms with van der Waals surface area (Å²) in [7, 11) is 0. The Morgan fingerprint density at radius 2 is 2.33 bits per heavy atom. The Hall–Kier alpha value is -2.11. The fraction of sp³-hybridized carbons (Fsp3) is 0.533. The summed E-state index contributed by atoms with van der Waals surface area (Å²) in [5.74, 6) is 1.59. The van der Waals surface area contributed by atoms with Crippen LogP contribution in [0.2, 0.25) is 0 Å². The van der Waals surface area contributed by atoms with E-state index in [1.54, 1.807) is 0 Å². The number of nitrogens with zero attached hydrogens (tertiary/aromatic N) is 3. The van der Waals surface area contributed by atoms with E-state index in [0.29, 0.717) is 0 Å². The molecule has 3 rings (SSSR count). The van der Waals surface area contributed by atoms with Gasteiger partial charge in [-0.05, 0) is 27.2 Å². The van der Waals surface area contributed by atoms with E-state index in [0.717, 1.165) is 42.2 Å². The molecule has 0 fully saturated rings. The van der Waals surface area contributed by atoms with Gasteiger partial charge in [0.1, 0.15) is 11.6 Å². The summed E-state index contributed by atoms with van der Waals surface area (Å²) in [5, 5.41) is 7.06. The van der Waals surface area contributed by atoms with Gasteiger partial charge in [-0.2, -0.15) is 0 Å². The fourth-order valence-corrected chi connectivity index (χ4v) is 3.05. The molecular weight excluding hydrogens is 268 g/mol. The predicted octanol–water partition coefficient (Wildman–Crippen LogP) is 1.72. The monoisotopic (exact) mass is 288 g/mol. The lowest BCUT2D eigenvalue weighted by atomic mass is 9.97. The van der Waals surface area contributed by atoms with Gasteiger partial charge in [0.2, 0.25) is 5.91 Å². The van der Waals surface area contributed by atoms with Crippen LogP contribution < -0.4 is 5.32 Å². The van der Waals surface area contributed by atoms with Crippen LogP contribution in [0.15, 0.2) is 16.9 Å². The number of aromatic nitrogens is 3. The van der Waals surface area contributed by atoms with E-state index in [-0.39, 0.29) is 17.9 Å². The molecule has 0 saturated heterocycles. The molecule has 0 aliphatic carbocycles. The molecule has 3 heterocycles. The molecule has 1 aliphatic rings. The van der Waals surface area contributed by atoms with Crippen LogP contribution in [0.25, 0.3) is 0 Å². The summed E-state index contributed by atoms with van der Waals surface area (Å²) < 4.78 is 7.26. The maximum Gasteiger partial charge on any atom is 0.227 e. The molecule has 0 radical (unpaired) electrons. The Bertz CT molecular complexity index is 639. The number of nitrogens with one attached hydrogen (secondary N) is 1. The molecule has 2 atom stereocenters. The first-order valence-electron chi connectivity index (χ1n) is 7.29. The predicted molar refractivity (Wildman–Crippen MR) is 76.9 cm³/mol. The second-order valence-electron chi connectivity index (χ2n) is 5.70. The smallest absolute Gasteiger partial charge is 0.227 e. The Balaban J connectivity index is 1.67. The van der Waals surface area contributed by atoms with Crippen molar-refractivity contribution in [2.75, 3.05) is 0 Å². The van der Waals surface area contributed by atoms with Gasteiger partial charge in [0.15, 0.2) is 0 Å². The van der Waals surface area contributed by atoms with Gasteiger partial charge >= 0.3 is 0 Å². The third-order valence-electron chi connectivity index (χ3n) is 4.20. The Morgan fingerprint density at radius 3 is 3.05 bits per heavy atom. The van der Waals surface area contributed by atoms with E-state index in [1.165, 1.54) is 0 Å². The van der Waals surface area contributed by atoms with E-state index in [4.69, 9.17) is 4.52 Å². The third-order valence-corrected chi connectivity index (χ3v) is 4.20. The molecule has 1 N–H and O–H groups in total. The normalized spacial score (nSPS) is 19.1. The maximum absolute atomic E-state index is 12.5. The van der Waals surface area contributed by atoms with Crippen molar-refractivity contribution in [2.45, 2.75) is 52.1 Å². The second kappa shape index (κ2) is 5.35. The summed E-state index contributed by atoms with van der Waals surface area (Å²) in [6.45, 7) is 6.40. The lowest BCUT2D eigenvalue weighted by molar-refractivity contribution is -0.123. The minimum absolute atomic E-state index is 0.0259. The molecule has 21 heavy (non-hydrogen) atoms. The number of amides is 1. The summed E-state index contributed by atoms with van der Waals surface area (Å²) in [5.41, 5.74) is 1.68. The number of carbonyl (C=O) groups excluding carboxylic acids is 1. The average molecular weight is 288 g/mol. The van der Waals surface area contributed by atoms with Gasteiger partial charge in [-0.1, -0.05) is 5.16 Å². The summed E-state index contributed by atoms with van der Waals surface area (Å²) in [6.07, 6.45) is 5.60. The number of fused-ring (bicyclic) bond motifs is 1. The molecule has 0 aromatic carbocycles. The zero-order valence-electron chi connectivity index (χ0n) is 12.6. The molecule has 1 aliphatic heterocycles. The minimum Gasteiger partial charge on any atom is -0.361 e. The molecule has 112 valence electrons. The maximum atomic E-state index is 12.5. The van der Waals surface area contributed by atoms with Crippen molar-refractivity contribution in [3.8, 4) is 0 Å². The van der Waals surface area contributed by atoms with E-state index in [2.05, 4.69) is 20.0 Å². The number of hydrogen-bond acceptors (Lipinski definition) is 4. The minimum atomic E-state index is -0.250. The van der Waals surface area contributed by atoms with E-state index >= 15 is 0 Å². The highest BCUT2D eigenvalue weighted by Crippen LogP contribution is 2.24. The Morgan fingerprint density at radius 1 is 1.52 bits per heavy atom. The van der Waals surface area contributed by atoms with Crippen molar-refractivity contribution in [2.24, 2.45) is 0 Å². The van der Waals surface area contributed by atoms with Crippen LogP contribution in [0.4, 0.5) is 0 Å². The molecule has 0 bridgehead atoms. The Labute approximate surface area is 123 Å². The van der Waals surface area contributed by atoms with Gasteiger partial charge in [0.25, 0.3) is 0 Å². The van der Waals surface area contributed by atoms with Crippen LogP contribution >= 0.6 is 0 Å². The summed E-state index contributed by atoms with van der Waals surface area (Å²) in [4.78, 5) is 16.8. The second-order valence-corrected chi connectivity index (χ2v) is 5.70. The molecule has 2 aromatic heterocycles. The van der Waals surface area contributed by atoms with E-state index < -0.39 is 0 Å². The van der Waals surface area contributed by atoms with Gasteiger partial charge in [0.05, 0.1) is 11.6 Å². The zero-order valence-corrected chi connectivity index (χ0v) is 12.6. The quantitative estimate of drug-likeness (QED) is 0.933. The van der Waals surface area contributed by atoms with Crippen LogP contribution in [0, 0.1) is 13.8 Å². The van der Waals surface area contributed by atoms with Crippen molar-refractivity contribution in [3.05, 3.63) is 35.2 Å². The average Bonchev–Trinajstić information content (AvgIpc) is 3.04. The molecule has 6 heteroatoms. The van der Waals surface area contributed by atoms with Gasteiger partial charge in [-0.15, -0.1) is 0 Å². The first-order chi connectivity index (χ1) is 10.1. The first-order valence-corrected chi connectivity index (χ1v) is 7.29. The van der Waals surface area contributed by atoms with Crippen molar-refractivity contribution >= 4 is 5.91 Å². The van der Waals surface area contributed by atoms with Gasteiger partial charge in [-0.25, -0.2) is 4.98 Å². The fourth-order valence-electron chi connectivity index (χ4n) is 3.05. The van der Waals surface area contributed by atoms with Crippen molar-refractivity contribution in [3.63, 3.8) is 0 Å². The highest BCUT2D eigenvalue weighted by Gasteiger charge is 2.26. The van der Waals surface area contributed by atoms with Crippen LogP contribution in [0.5, 0.6) is 0 Å². The first kappa shape index (κ1) is 13.9. The van der Waals surface area contributed by atoms with Crippen molar-refractivity contribution in [1.29, 1.82) is 0 Å². The SMILES string of the molecule is Cc1noc(C)c1[C@@H](C)C(=O)N[C@@H]1CCc2nccn2C1. The van der Waals surface area contributed by atoms with Crippen LogP contribution in [-0.2, 0) is 17.8 Å². The number of imidazole rings is 1. The highest BCUT2D eigenvalue weighted by molar-refractivity contribution is 5.84. The third kappa shape index (κ3) is 2.57. The number of rotatable bonds is 3. The molecule has 2 aromatic rings. The molecule has 6 nitrogen and oxygen atoms in total. The summed E-state index contributed by atoms with van der Waals surface area (Å²) in [6, 6.07) is 0.155. The molecule has 0 spiro atoms. The highest BCUT2D eigenvalue weighted by atomic mass is 16.5. The van der Waals surface area contributed by atoms with Crippen LogP contribution in [-0.4, -0.2) is 26.7 Å². The standard InChI is InChI=1S/C15H20N4O2/c1-9(14-10(2)18-21-11(14)3)15(20)17-12-4-5-13-16-6-7-19(13)8-12/h6-7,9,12H,4-5,8H2,1-3H3,(H,17,20)/t9-,12-/m1/s1.